The number of benzene rings is 1. The van der Waals surface area contributed by atoms with Crippen molar-refractivity contribution in [1.82, 2.24) is 21.1 Å². The van der Waals surface area contributed by atoms with Gasteiger partial charge in [0.05, 0.1) is 5.69 Å². The molecule has 0 bridgehead atoms. The molecule has 1 aromatic carbocycles. The number of carbonyl (C=O) groups is 1. The molecule has 0 unspecified atom stereocenters. The van der Waals surface area contributed by atoms with Gasteiger partial charge in [0.25, 0.3) is 5.91 Å². The second-order valence-corrected chi connectivity index (χ2v) is 6.65. The Balaban J connectivity index is 1.74. The summed E-state index contributed by atoms with van der Waals surface area (Å²) in [6.45, 7) is 8.45. The zero-order valence-electron chi connectivity index (χ0n) is 16.7. The van der Waals surface area contributed by atoms with Crippen LogP contribution in [0.15, 0.2) is 39.8 Å². The van der Waals surface area contributed by atoms with Crippen LogP contribution in [0.2, 0.25) is 0 Å². The molecule has 0 radical (unpaired) electrons. The van der Waals surface area contributed by atoms with Crippen LogP contribution in [0.1, 0.15) is 54.9 Å². The van der Waals surface area contributed by atoms with Gasteiger partial charge >= 0.3 is 0 Å². The lowest BCUT2D eigenvalue weighted by molar-refractivity contribution is 0.0953. The van der Waals surface area contributed by atoms with Crippen LogP contribution in [0.5, 0.6) is 5.75 Å². The number of phenolic OH excluding ortho intramolecular Hbond substituents is 1. The summed E-state index contributed by atoms with van der Waals surface area (Å²) in [4.78, 5) is 16.5. The third-order valence-electron chi connectivity index (χ3n) is 3.95. The lowest BCUT2D eigenvalue weighted by atomic mass is 10.1. The molecular formula is C20H29N5O3. The maximum Gasteiger partial charge on any atom is 0.251 e. The molecule has 8 heteroatoms. The molecule has 2 aromatic rings. The Morgan fingerprint density at radius 3 is 2.68 bits per heavy atom. The molecule has 0 saturated carbocycles. The van der Waals surface area contributed by atoms with Crippen molar-refractivity contribution in [2.24, 2.45) is 4.99 Å². The Morgan fingerprint density at radius 1 is 1.21 bits per heavy atom. The number of nitrogens with zero attached hydrogens (tertiary/aromatic N) is 2. The number of hydrogen-bond donors (Lipinski definition) is 4. The molecule has 8 nitrogen and oxygen atoms in total. The molecule has 1 heterocycles. The van der Waals surface area contributed by atoms with E-state index in [1.54, 1.807) is 12.1 Å². The molecule has 152 valence electrons. The standard InChI is InChI=1S/C20H29N5O3/c1-4-21-20(24-13-17-12-18(14(2)3)25-28-17)23-10-6-9-22-19(27)15-7-5-8-16(26)11-15/h5,7-8,11-12,14,26H,4,6,9-10,13H2,1-3H3,(H,22,27)(H2,21,23,24). The van der Waals surface area contributed by atoms with Crippen molar-refractivity contribution in [2.75, 3.05) is 19.6 Å². The molecule has 0 atom stereocenters. The van der Waals surface area contributed by atoms with E-state index in [-0.39, 0.29) is 11.7 Å². The number of aliphatic imine (C=N–C) groups is 1. The van der Waals surface area contributed by atoms with E-state index in [1.165, 1.54) is 12.1 Å². The quantitative estimate of drug-likeness (QED) is 0.299. The van der Waals surface area contributed by atoms with E-state index in [0.717, 1.165) is 24.4 Å². The number of rotatable bonds is 9. The van der Waals surface area contributed by atoms with Crippen LogP contribution in [0.4, 0.5) is 0 Å². The normalized spacial score (nSPS) is 11.5. The Morgan fingerprint density at radius 2 is 2.00 bits per heavy atom. The highest BCUT2D eigenvalue weighted by Gasteiger charge is 2.08. The summed E-state index contributed by atoms with van der Waals surface area (Å²) < 4.78 is 5.30. The Hall–Kier alpha value is -3.03. The van der Waals surface area contributed by atoms with Gasteiger partial charge in [-0.15, -0.1) is 0 Å². The lowest BCUT2D eigenvalue weighted by Gasteiger charge is -2.11. The van der Waals surface area contributed by atoms with Crippen molar-refractivity contribution in [2.45, 2.75) is 39.7 Å². The van der Waals surface area contributed by atoms with Crippen molar-refractivity contribution in [3.05, 3.63) is 47.3 Å². The van der Waals surface area contributed by atoms with Crippen molar-refractivity contribution < 1.29 is 14.4 Å². The molecule has 0 aliphatic rings. The fourth-order valence-electron chi connectivity index (χ4n) is 2.42. The number of aromatic hydroxyl groups is 1. The molecule has 1 amide bonds. The highest BCUT2D eigenvalue weighted by Crippen LogP contribution is 2.14. The third kappa shape index (κ3) is 6.94. The summed E-state index contributed by atoms with van der Waals surface area (Å²) in [6, 6.07) is 8.21. The molecule has 1 aromatic heterocycles. The van der Waals surface area contributed by atoms with Gasteiger partial charge in [0.1, 0.15) is 12.3 Å². The monoisotopic (exact) mass is 387 g/mol. The van der Waals surface area contributed by atoms with E-state index in [1.807, 2.05) is 13.0 Å². The summed E-state index contributed by atoms with van der Waals surface area (Å²) in [7, 11) is 0. The van der Waals surface area contributed by atoms with Gasteiger partial charge in [0, 0.05) is 31.3 Å². The van der Waals surface area contributed by atoms with Crippen LogP contribution in [0.3, 0.4) is 0 Å². The van der Waals surface area contributed by atoms with E-state index in [4.69, 9.17) is 4.52 Å². The average Bonchev–Trinajstić information content (AvgIpc) is 3.15. The molecule has 28 heavy (non-hydrogen) atoms. The largest absolute Gasteiger partial charge is 0.508 e. The third-order valence-corrected chi connectivity index (χ3v) is 3.95. The molecule has 0 fully saturated rings. The zero-order chi connectivity index (χ0) is 20.4. The summed E-state index contributed by atoms with van der Waals surface area (Å²) in [5, 5.41) is 22.7. The number of hydrogen-bond acceptors (Lipinski definition) is 5. The first kappa shape index (κ1) is 21.3. The maximum atomic E-state index is 12.0. The summed E-state index contributed by atoms with van der Waals surface area (Å²) in [6.07, 6.45) is 0.731. The summed E-state index contributed by atoms with van der Waals surface area (Å²) in [5.41, 5.74) is 1.36. The number of guanidine groups is 1. The van der Waals surface area contributed by atoms with Gasteiger partial charge in [0.15, 0.2) is 11.7 Å². The topological polar surface area (TPSA) is 112 Å². The second-order valence-electron chi connectivity index (χ2n) is 6.65. The molecule has 0 aliphatic heterocycles. The van der Waals surface area contributed by atoms with Crippen molar-refractivity contribution in [1.29, 1.82) is 0 Å². The van der Waals surface area contributed by atoms with Crippen LogP contribution >= 0.6 is 0 Å². The highest BCUT2D eigenvalue weighted by atomic mass is 16.5. The van der Waals surface area contributed by atoms with Gasteiger partial charge < -0.3 is 25.6 Å². The van der Waals surface area contributed by atoms with Crippen LogP contribution in [0.25, 0.3) is 0 Å². The van der Waals surface area contributed by atoms with Crippen molar-refractivity contribution in [3.63, 3.8) is 0 Å². The minimum Gasteiger partial charge on any atom is -0.508 e. The second kappa shape index (κ2) is 11.0. The lowest BCUT2D eigenvalue weighted by Crippen LogP contribution is -2.38. The molecule has 0 saturated heterocycles. The van der Waals surface area contributed by atoms with E-state index >= 15 is 0 Å². The van der Waals surface area contributed by atoms with E-state index in [2.05, 4.69) is 39.9 Å². The van der Waals surface area contributed by atoms with E-state index in [0.29, 0.717) is 37.1 Å². The molecule has 4 N–H and O–H groups in total. The number of carbonyl (C=O) groups excluding carboxylic acids is 1. The van der Waals surface area contributed by atoms with Gasteiger partial charge in [-0.2, -0.15) is 0 Å². The maximum absolute atomic E-state index is 12.0. The fraction of sp³-hybridized carbons (Fsp3) is 0.450. The first-order valence-electron chi connectivity index (χ1n) is 9.54. The van der Waals surface area contributed by atoms with Crippen LogP contribution in [0, 0.1) is 0 Å². The number of phenols is 1. The first-order chi connectivity index (χ1) is 13.5. The fourth-order valence-corrected chi connectivity index (χ4v) is 2.42. The van der Waals surface area contributed by atoms with Crippen LogP contribution < -0.4 is 16.0 Å². The first-order valence-corrected chi connectivity index (χ1v) is 9.54. The number of aromatic nitrogens is 1. The Bertz CT molecular complexity index is 786. The SMILES string of the molecule is CCNC(=NCc1cc(C(C)C)no1)NCCCNC(=O)c1cccc(O)c1. The van der Waals surface area contributed by atoms with Gasteiger partial charge in [0.2, 0.25) is 0 Å². The van der Waals surface area contributed by atoms with Gasteiger partial charge in [-0.1, -0.05) is 25.1 Å². The molecule has 2 rings (SSSR count). The van der Waals surface area contributed by atoms with Gasteiger partial charge in [-0.25, -0.2) is 4.99 Å². The predicted molar refractivity (Wildman–Crippen MR) is 108 cm³/mol. The van der Waals surface area contributed by atoms with Gasteiger partial charge in [-0.3, -0.25) is 4.79 Å². The number of nitrogens with one attached hydrogen (secondary N) is 3. The predicted octanol–water partition coefficient (Wildman–Crippen LogP) is 2.38. The number of amides is 1. The minimum absolute atomic E-state index is 0.0769. The molecular weight excluding hydrogens is 358 g/mol. The summed E-state index contributed by atoms with van der Waals surface area (Å²) >= 11 is 0. The smallest absolute Gasteiger partial charge is 0.251 e. The molecule has 0 aliphatic carbocycles. The highest BCUT2D eigenvalue weighted by molar-refractivity contribution is 5.94. The average molecular weight is 387 g/mol. The van der Waals surface area contributed by atoms with Crippen molar-refractivity contribution >= 4 is 11.9 Å². The Kier molecular flexibility index (Phi) is 8.33. The zero-order valence-corrected chi connectivity index (χ0v) is 16.7. The minimum atomic E-state index is -0.206. The van der Waals surface area contributed by atoms with Crippen LogP contribution in [-0.2, 0) is 6.54 Å². The van der Waals surface area contributed by atoms with E-state index < -0.39 is 0 Å². The van der Waals surface area contributed by atoms with Crippen LogP contribution in [-0.4, -0.2) is 41.8 Å². The van der Waals surface area contributed by atoms with Gasteiger partial charge in [-0.05, 0) is 37.5 Å². The molecule has 0 spiro atoms. The summed E-state index contributed by atoms with van der Waals surface area (Å²) in [5.74, 6) is 1.60. The van der Waals surface area contributed by atoms with Crippen molar-refractivity contribution in [3.8, 4) is 5.75 Å². The Labute approximate surface area is 165 Å². The van der Waals surface area contributed by atoms with E-state index in [9.17, 15) is 9.90 Å².